The zero-order chi connectivity index (χ0) is 27.1. The van der Waals surface area contributed by atoms with E-state index < -0.39 is 11.6 Å². The number of benzene rings is 4. The standard InChI is InChI=1S/C33H35ClN2O2/c1-33(2,3)35-32(38)30(22-24-10-5-4-6-11-24)36(23-25-16-19-28(34)20-17-25)31(37)21-18-27-14-9-13-26-12-7-8-15-29(26)27/h4-17,19-20,30H,18,21-23H2,1-3H3,(H,35,38)/t30-/m0/s1. The lowest BCUT2D eigenvalue weighted by Crippen LogP contribution is -2.54. The van der Waals surface area contributed by atoms with E-state index in [2.05, 4.69) is 29.6 Å². The molecule has 0 unspecified atom stereocenters. The maximum absolute atomic E-state index is 13.9. The van der Waals surface area contributed by atoms with E-state index >= 15 is 0 Å². The van der Waals surface area contributed by atoms with E-state index in [0.717, 1.165) is 27.5 Å². The summed E-state index contributed by atoms with van der Waals surface area (Å²) in [6.45, 7) is 6.18. The lowest BCUT2D eigenvalue weighted by Gasteiger charge is -2.34. The Kier molecular flexibility index (Phi) is 8.85. The van der Waals surface area contributed by atoms with E-state index in [1.165, 1.54) is 0 Å². The van der Waals surface area contributed by atoms with E-state index in [1.807, 2.05) is 93.6 Å². The van der Waals surface area contributed by atoms with Gasteiger partial charge in [-0.2, -0.15) is 0 Å². The van der Waals surface area contributed by atoms with Crippen molar-refractivity contribution in [2.45, 2.75) is 58.2 Å². The van der Waals surface area contributed by atoms with Gasteiger partial charge in [0.2, 0.25) is 11.8 Å². The highest BCUT2D eigenvalue weighted by Crippen LogP contribution is 2.22. The van der Waals surface area contributed by atoms with Crippen LogP contribution in [0.5, 0.6) is 0 Å². The summed E-state index contributed by atoms with van der Waals surface area (Å²) in [6.07, 6.45) is 1.32. The third kappa shape index (κ3) is 7.45. The number of halogens is 1. The Morgan fingerprint density at radius 3 is 2.18 bits per heavy atom. The van der Waals surface area contributed by atoms with Gasteiger partial charge < -0.3 is 10.2 Å². The number of carbonyl (C=O) groups excluding carboxylic acids is 2. The summed E-state index contributed by atoms with van der Waals surface area (Å²) in [7, 11) is 0. The molecule has 1 atom stereocenters. The van der Waals surface area contributed by atoms with Crippen molar-refractivity contribution in [2.75, 3.05) is 0 Å². The Morgan fingerprint density at radius 1 is 0.816 bits per heavy atom. The van der Waals surface area contributed by atoms with Gasteiger partial charge in [-0.1, -0.05) is 96.5 Å². The number of aryl methyl sites for hydroxylation is 1. The molecule has 0 fully saturated rings. The molecule has 4 nitrogen and oxygen atoms in total. The van der Waals surface area contributed by atoms with Gasteiger partial charge in [0.05, 0.1) is 0 Å². The molecule has 4 aromatic carbocycles. The van der Waals surface area contributed by atoms with Gasteiger partial charge in [-0.15, -0.1) is 0 Å². The lowest BCUT2D eigenvalue weighted by atomic mass is 9.98. The van der Waals surface area contributed by atoms with Crippen molar-refractivity contribution in [3.63, 3.8) is 0 Å². The van der Waals surface area contributed by atoms with Crippen LogP contribution in [0.15, 0.2) is 97.1 Å². The van der Waals surface area contributed by atoms with Crippen molar-refractivity contribution in [1.29, 1.82) is 0 Å². The van der Waals surface area contributed by atoms with Gasteiger partial charge in [0.1, 0.15) is 6.04 Å². The predicted octanol–water partition coefficient (Wildman–Crippen LogP) is 6.98. The Hall–Kier alpha value is -3.63. The van der Waals surface area contributed by atoms with Crippen LogP contribution in [0.4, 0.5) is 0 Å². The van der Waals surface area contributed by atoms with Crippen LogP contribution >= 0.6 is 11.6 Å². The molecule has 4 aromatic rings. The molecule has 0 aliphatic carbocycles. The van der Waals surface area contributed by atoms with Crippen molar-refractivity contribution in [1.82, 2.24) is 10.2 Å². The largest absolute Gasteiger partial charge is 0.350 e. The molecule has 2 amide bonds. The highest BCUT2D eigenvalue weighted by Gasteiger charge is 2.32. The van der Waals surface area contributed by atoms with Crippen LogP contribution in [-0.2, 0) is 29.0 Å². The SMILES string of the molecule is CC(C)(C)NC(=O)[C@H](Cc1ccccc1)N(Cc1ccc(Cl)cc1)C(=O)CCc1cccc2ccccc12. The highest BCUT2D eigenvalue weighted by molar-refractivity contribution is 6.30. The fraction of sp³-hybridized carbons (Fsp3) is 0.273. The minimum absolute atomic E-state index is 0.0575. The highest BCUT2D eigenvalue weighted by atomic mass is 35.5. The number of nitrogens with one attached hydrogen (secondary N) is 1. The molecule has 0 radical (unpaired) electrons. The van der Waals surface area contributed by atoms with Crippen molar-refractivity contribution < 1.29 is 9.59 Å². The lowest BCUT2D eigenvalue weighted by molar-refractivity contribution is -0.141. The maximum atomic E-state index is 13.9. The summed E-state index contributed by atoms with van der Waals surface area (Å²) in [5.41, 5.74) is 2.63. The third-order valence-electron chi connectivity index (χ3n) is 6.52. The molecular weight excluding hydrogens is 492 g/mol. The van der Waals surface area contributed by atoms with Crippen LogP contribution in [0.2, 0.25) is 5.02 Å². The van der Waals surface area contributed by atoms with Crippen LogP contribution in [0, 0.1) is 0 Å². The van der Waals surface area contributed by atoms with Gasteiger partial charge in [-0.25, -0.2) is 0 Å². The molecular formula is C33H35ClN2O2. The van der Waals surface area contributed by atoms with Crippen LogP contribution in [0.3, 0.4) is 0 Å². The molecule has 0 heterocycles. The minimum atomic E-state index is -0.660. The fourth-order valence-corrected chi connectivity index (χ4v) is 4.82. The predicted molar refractivity (Wildman–Crippen MR) is 156 cm³/mol. The summed E-state index contributed by atoms with van der Waals surface area (Å²) in [6, 6.07) is 31.1. The second-order valence-electron chi connectivity index (χ2n) is 10.7. The second kappa shape index (κ2) is 12.3. The smallest absolute Gasteiger partial charge is 0.243 e. The minimum Gasteiger partial charge on any atom is -0.350 e. The summed E-state index contributed by atoms with van der Waals surface area (Å²) < 4.78 is 0. The van der Waals surface area contributed by atoms with E-state index in [4.69, 9.17) is 11.6 Å². The second-order valence-corrected chi connectivity index (χ2v) is 11.2. The molecule has 0 aliphatic rings. The third-order valence-corrected chi connectivity index (χ3v) is 6.78. The van der Waals surface area contributed by atoms with Gasteiger partial charge in [0.15, 0.2) is 0 Å². The van der Waals surface area contributed by atoms with Gasteiger partial charge >= 0.3 is 0 Å². The number of nitrogens with zero attached hydrogens (tertiary/aromatic N) is 1. The number of hydrogen-bond donors (Lipinski definition) is 1. The zero-order valence-corrected chi connectivity index (χ0v) is 23.0. The van der Waals surface area contributed by atoms with Crippen molar-refractivity contribution in [3.8, 4) is 0 Å². The normalized spacial score (nSPS) is 12.2. The number of fused-ring (bicyclic) bond motifs is 1. The quantitative estimate of drug-likeness (QED) is 0.256. The molecule has 0 aliphatic heterocycles. The van der Waals surface area contributed by atoms with Gasteiger partial charge in [-0.05, 0) is 66.8 Å². The monoisotopic (exact) mass is 526 g/mol. The first-order valence-electron chi connectivity index (χ1n) is 13.1. The van der Waals surface area contributed by atoms with Crippen molar-refractivity contribution >= 4 is 34.2 Å². The van der Waals surface area contributed by atoms with Gasteiger partial charge in [0, 0.05) is 29.9 Å². The Morgan fingerprint density at radius 2 is 1.47 bits per heavy atom. The van der Waals surface area contributed by atoms with E-state index in [-0.39, 0.29) is 11.8 Å². The first-order chi connectivity index (χ1) is 18.2. The number of rotatable bonds is 9. The van der Waals surface area contributed by atoms with Crippen molar-refractivity contribution in [2.24, 2.45) is 0 Å². The summed E-state index contributed by atoms with van der Waals surface area (Å²) in [4.78, 5) is 29.4. The molecule has 196 valence electrons. The number of hydrogen-bond acceptors (Lipinski definition) is 2. The molecule has 0 saturated carbocycles. The molecule has 0 saturated heterocycles. The molecule has 38 heavy (non-hydrogen) atoms. The first kappa shape index (κ1) is 27.4. The first-order valence-corrected chi connectivity index (χ1v) is 13.4. The van der Waals surface area contributed by atoms with Crippen molar-refractivity contribution in [3.05, 3.63) is 119 Å². The van der Waals surface area contributed by atoms with Crippen LogP contribution < -0.4 is 5.32 Å². The average Bonchev–Trinajstić information content (AvgIpc) is 2.90. The Bertz CT molecular complexity index is 1370. The van der Waals surface area contributed by atoms with E-state index in [9.17, 15) is 9.59 Å². The topological polar surface area (TPSA) is 49.4 Å². The molecule has 0 aromatic heterocycles. The Balaban J connectivity index is 1.65. The number of carbonyl (C=O) groups is 2. The van der Waals surface area contributed by atoms with E-state index in [0.29, 0.717) is 30.8 Å². The Labute approximate surface area is 230 Å². The van der Waals surface area contributed by atoms with Gasteiger partial charge in [0.25, 0.3) is 0 Å². The summed E-state index contributed by atoms with van der Waals surface area (Å²) >= 11 is 6.12. The maximum Gasteiger partial charge on any atom is 0.243 e. The molecule has 1 N–H and O–H groups in total. The summed E-state index contributed by atoms with van der Waals surface area (Å²) in [5, 5.41) is 6.05. The zero-order valence-electron chi connectivity index (χ0n) is 22.3. The number of amides is 2. The van der Waals surface area contributed by atoms with E-state index in [1.54, 1.807) is 4.90 Å². The molecule has 0 spiro atoms. The van der Waals surface area contributed by atoms with Crippen LogP contribution in [0.25, 0.3) is 10.8 Å². The molecule has 0 bridgehead atoms. The van der Waals surface area contributed by atoms with Gasteiger partial charge in [-0.3, -0.25) is 9.59 Å². The van der Waals surface area contributed by atoms with Crippen LogP contribution in [0.1, 0.15) is 43.9 Å². The fourth-order valence-electron chi connectivity index (χ4n) is 4.69. The molecule has 5 heteroatoms. The summed E-state index contributed by atoms with van der Waals surface area (Å²) in [5.74, 6) is -0.216. The molecule has 4 rings (SSSR count). The van der Waals surface area contributed by atoms with Crippen LogP contribution in [-0.4, -0.2) is 28.3 Å². The average molecular weight is 527 g/mol.